The molecule has 0 saturated carbocycles. The fraction of sp³-hybridized carbons (Fsp3) is 0.211. The van der Waals surface area contributed by atoms with Crippen LogP contribution in [0.5, 0.6) is 17.4 Å². The van der Waals surface area contributed by atoms with Gasteiger partial charge in [0.15, 0.2) is 11.5 Å². The summed E-state index contributed by atoms with van der Waals surface area (Å²) in [5.41, 5.74) is 3.00. The summed E-state index contributed by atoms with van der Waals surface area (Å²) in [4.78, 5) is 4.66. The highest BCUT2D eigenvalue weighted by Crippen LogP contribution is 2.36. The quantitative estimate of drug-likeness (QED) is 0.723. The third-order valence-electron chi connectivity index (χ3n) is 3.91. The van der Waals surface area contributed by atoms with Gasteiger partial charge in [-0.05, 0) is 36.1 Å². The normalized spacial score (nSPS) is 10.6. The average Bonchev–Trinajstić information content (AvgIpc) is 2.60. The van der Waals surface area contributed by atoms with E-state index in [-0.39, 0.29) is 0 Å². The van der Waals surface area contributed by atoms with E-state index >= 15 is 0 Å². The van der Waals surface area contributed by atoms with Gasteiger partial charge >= 0.3 is 0 Å². The summed E-state index contributed by atoms with van der Waals surface area (Å²) in [7, 11) is 4.88. The molecule has 3 aromatic rings. The molecule has 0 fully saturated rings. The van der Waals surface area contributed by atoms with Gasteiger partial charge in [0.05, 0.1) is 27.0 Å². The van der Waals surface area contributed by atoms with E-state index in [2.05, 4.69) is 24.0 Å². The molecule has 0 atom stereocenters. The van der Waals surface area contributed by atoms with Crippen molar-refractivity contribution in [2.75, 3.05) is 21.3 Å². The van der Waals surface area contributed by atoms with Crippen molar-refractivity contribution in [3.05, 3.63) is 48.0 Å². The van der Waals surface area contributed by atoms with Gasteiger partial charge in [0.25, 0.3) is 0 Å². The highest BCUT2D eigenvalue weighted by Gasteiger charge is 2.13. The third kappa shape index (κ3) is 2.68. The van der Waals surface area contributed by atoms with Gasteiger partial charge in [-0.15, -0.1) is 0 Å². The van der Waals surface area contributed by atoms with E-state index in [4.69, 9.17) is 14.2 Å². The lowest BCUT2D eigenvalue weighted by molar-refractivity contribution is 0.355. The Bertz CT molecular complexity index is 859. The molecule has 1 heterocycles. The van der Waals surface area contributed by atoms with Crippen LogP contribution < -0.4 is 14.2 Å². The van der Waals surface area contributed by atoms with Gasteiger partial charge in [-0.2, -0.15) is 0 Å². The molecular formula is C19H19NO3. The first-order valence-electron chi connectivity index (χ1n) is 7.34. The fourth-order valence-corrected chi connectivity index (χ4v) is 2.76. The summed E-state index contributed by atoms with van der Waals surface area (Å²) in [5.74, 6) is 1.96. The van der Waals surface area contributed by atoms with Crippen molar-refractivity contribution in [2.45, 2.75) is 6.92 Å². The Balaban J connectivity index is 2.30. The van der Waals surface area contributed by atoms with Gasteiger partial charge in [-0.25, -0.2) is 4.98 Å². The van der Waals surface area contributed by atoms with Crippen LogP contribution in [-0.4, -0.2) is 26.3 Å². The zero-order valence-electron chi connectivity index (χ0n) is 13.7. The Morgan fingerprint density at radius 2 is 1.61 bits per heavy atom. The maximum atomic E-state index is 5.41. The number of hydrogen-bond acceptors (Lipinski definition) is 4. The number of benzene rings is 2. The zero-order chi connectivity index (χ0) is 16.4. The van der Waals surface area contributed by atoms with Crippen LogP contribution in [0.4, 0.5) is 0 Å². The van der Waals surface area contributed by atoms with Crippen LogP contribution in [0.25, 0.3) is 22.0 Å². The van der Waals surface area contributed by atoms with Crippen LogP contribution in [0.1, 0.15) is 5.56 Å². The highest BCUT2D eigenvalue weighted by atomic mass is 16.5. The lowest BCUT2D eigenvalue weighted by Crippen LogP contribution is -1.95. The van der Waals surface area contributed by atoms with Gasteiger partial charge in [0.2, 0.25) is 5.88 Å². The summed E-state index contributed by atoms with van der Waals surface area (Å²) < 4.78 is 16.1. The molecule has 0 aliphatic heterocycles. The van der Waals surface area contributed by atoms with Crippen molar-refractivity contribution in [3.8, 4) is 28.6 Å². The predicted molar refractivity (Wildman–Crippen MR) is 91.6 cm³/mol. The Morgan fingerprint density at radius 1 is 0.826 bits per heavy atom. The summed E-state index contributed by atoms with van der Waals surface area (Å²) in [6, 6.07) is 13.9. The molecule has 0 amide bonds. The summed E-state index contributed by atoms with van der Waals surface area (Å²) in [6.07, 6.45) is 0. The Hall–Kier alpha value is -2.75. The van der Waals surface area contributed by atoms with E-state index < -0.39 is 0 Å². The van der Waals surface area contributed by atoms with Crippen molar-refractivity contribution in [3.63, 3.8) is 0 Å². The summed E-state index contributed by atoms with van der Waals surface area (Å²) in [5, 5.41) is 2.21. The van der Waals surface area contributed by atoms with Gasteiger partial charge < -0.3 is 14.2 Å². The number of ether oxygens (including phenoxy) is 3. The van der Waals surface area contributed by atoms with E-state index in [9.17, 15) is 0 Å². The highest BCUT2D eigenvalue weighted by molar-refractivity contribution is 5.97. The zero-order valence-corrected chi connectivity index (χ0v) is 13.7. The van der Waals surface area contributed by atoms with Crippen molar-refractivity contribution in [2.24, 2.45) is 0 Å². The largest absolute Gasteiger partial charge is 0.493 e. The molecule has 0 bridgehead atoms. The fourth-order valence-electron chi connectivity index (χ4n) is 2.76. The smallest absolute Gasteiger partial charge is 0.214 e. The predicted octanol–water partition coefficient (Wildman–Crippen LogP) is 4.24. The molecule has 23 heavy (non-hydrogen) atoms. The third-order valence-corrected chi connectivity index (χ3v) is 3.91. The topological polar surface area (TPSA) is 40.6 Å². The Kier molecular flexibility index (Phi) is 4.06. The van der Waals surface area contributed by atoms with E-state index in [1.807, 2.05) is 30.3 Å². The number of rotatable bonds is 4. The molecule has 0 saturated heterocycles. The SMILES string of the molecule is COc1cc2cccc(C)c2c(-c2ccc(OC)c(OC)c2)n1. The van der Waals surface area contributed by atoms with Crippen molar-refractivity contribution < 1.29 is 14.2 Å². The van der Waals surface area contributed by atoms with Crippen molar-refractivity contribution in [1.29, 1.82) is 0 Å². The van der Waals surface area contributed by atoms with E-state index in [1.165, 1.54) is 5.56 Å². The number of aromatic nitrogens is 1. The van der Waals surface area contributed by atoms with E-state index in [0.717, 1.165) is 22.0 Å². The lowest BCUT2D eigenvalue weighted by Gasteiger charge is -2.13. The molecular weight excluding hydrogens is 290 g/mol. The second-order valence-corrected chi connectivity index (χ2v) is 5.26. The van der Waals surface area contributed by atoms with Crippen LogP contribution in [-0.2, 0) is 0 Å². The Morgan fingerprint density at radius 3 is 2.30 bits per heavy atom. The van der Waals surface area contributed by atoms with Crippen LogP contribution in [0, 0.1) is 6.92 Å². The maximum Gasteiger partial charge on any atom is 0.214 e. The van der Waals surface area contributed by atoms with Crippen LogP contribution in [0.3, 0.4) is 0 Å². The molecule has 4 nitrogen and oxygen atoms in total. The maximum absolute atomic E-state index is 5.41. The molecule has 118 valence electrons. The molecule has 3 rings (SSSR count). The summed E-state index contributed by atoms with van der Waals surface area (Å²) >= 11 is 0. The summed E-state index contributed by atoms with van der Waals surface area (Å²) in [6.45, 7) is 2.08. The molecule has 1 aromatic heterocycles. The lowest BCUT2D eigenvalue weighted by atomic mass is 9.99. The minimum absolute atomic E-state index is 0.591. The van der Waals surface area contributed by atoms with Gasteiger partial charge in [-0.1, -0.05) is 18.2 Å². The number of hydrogen-bond donors (Lipinski definition) is 0. The van der Waals surface area contributed by atoms with Crippen molar-refractivity contribution >= 4 is 10.8 Å². The van der Waals surface area contributed by atoms with Gasteiger partial charge in [0.1, 0.15) is 0 Å². The van der Waals surface area contributed by atoms with Gasteiger partial charge in [0, 0.05) is 17.0 Å². The number of aryl methyl sites for hydroxylation is 1. The first-order chi connectivity index (χ1) is 11.2. The van der Waals surface area contributed by atoms with E-state index in [1.54, 1.807) is 21.3 Å². The second-order valence-electron chi connectivity index (χ2n) is 5.26. The molecule has 0 aliphatic rings. The van der Waals surface area contributed by atoms with Gasteiger partial charge in [-0.3, -0.25) is 0 Å². The molecule has 0 aliphatic carbocycles. The van der Waals surface area contributed by atoms with Crippen molar-refractivity contribution in [1.82, 2.24) is 4.98 Å². The molecule has 0 radical (unpaired) electrons. The first-order valence-corrected chi connectivity index (χ1v) is 7.34. The van der Waals surface area contributed by atoms with Crippen LogP contribution in [0.15, 0.2) is 42.5 Å². The molecule has 4 heteroatoms. The second kappa shape index (κ2) is 6.16. The average molecular weight is 309 g/mol. The molecule has 0 N–H and O–H groups in total. The number of nitrogens with zero attached hydrogens (tertiary/aromatic N) is 1. The number of fused-ring (bicyclic) bond motifs is 1. The van der Waals surface area contributed by atoms with Crippen LogP contribution >= 0.6 is 0 Å². The molecule has 0 spiro atoms. The number of methoxy groups -OCH3 is 3. The Labute approximate surface area is 135 Å². The monoisotopic (exact) mass is 309 g/mol. The first kappa shape index (κ1) is 15.2. The molecule has 2 aromatic carbocycles. The van der Waals surface area contributed by atoms with E-state index in [0.29, 0.717) is 17.4 Å². The van der Waals surface area contributed by atoms with Crippen LogP contribution in [0.2, 0.25) is 0 Å². The minimum Gasteiger partial charge on any atom is -0.493 e. The molecule has 0 unspecified atom stereocenters. The minimum atomic E-state index is 0.591. The number of pyridine rings is 1. The standard InChI is InChI=1S/C19H19NO3/c1-12-6-5-7-13-11-17(23-4)20-19(18(12)13)14-8-9-15(21-2)16(10-14)22-3/h5-11H,1-4H3.